The van der Waals surface area contributed by atoms with Crippen molar-refractivity contribution >= 4 is 0 Å². The van der Waals surface area contributed by atoms with Crippen LogP contribution in [0.4, 0.5) is 0 Å². The molecule has 0 bridgehead atoms. The van der Waals surface area contributed by atoms with Crippen molar-refractivity contribution in [3.05, 3.63) is 0 Å². The summed E-state index contributed by atoms with van der Waals surface area (Å²) in [6.07, 6.45) is 2.16. The van der Waals surface area contributed by atoms with E-state index in [-0.39, 0.29) is 23.5 Å². The summed E-state index contributed by atoms with van der Waals surface area (Å²) < 4.78 is 0. The molecule has 78 valence electrons. The van der Waals surface area contributed by atoms with Crippen molar-refractivity contribution in [1.82, 2.24) is 0 Å². The van der Waals surface area contributed by atoms with E-state index >= 15 is 0 Å². The van der Waals surface area contributed by atoms with Gasteiger partial charge in [-0.15, -0.1) is 0 Å². The van der Waals surface area contributed by atoms with E-state index in [0.717, 1.165) is 12.8 Å². The third-order valence-corrected chi connectivity index (χ3v) is 3.60. The number of hydrogen-bond acceptors (Lipinski definition) is 3. The quantitative estimate of drug-likeness (QED) is 0.602. The molecule has 0 aromatic rings. The number of nitrogens with two attached hydrogens (primary N) is 1. The van der Waals surface area contributed by atoms with Gasteiger partial charge in [0.05, 0.1) is 6.10 Å². The van der Waals surface area contributed by atoms with Gasteiger partial charge in [-0.05, 0) is 24.7 Å². The van der Waals surface area contributed by atoms with Crippen LogP contribution in [0.2, 0.25) is 0 Å². The highest BCUT2D eigenvalue weighted by Crippen LogP contribution is 2.50. The lowest BCUT2D eigenvalue weighted by Gasteiger charge is -2.35. The highest BCUT2D eigenvalue weighted by atomic mass is 16.3. The van der Waals surface area contributed by atoms with Crippen molar-refractivity contribution in [3.8, 4) is 0 Å². The van der Waals surface area contributed by atoms with Crippen LogP contribution in [0.3, 0.4) is 0 Å². The van der Waals surface area contributed by atoms with Gasteiger partial charge < -0.3 is 15.9 Å². The fourth-order valence-electron chi connectivity index (χ4n) is 2.47. The molecule has 0 heterocycles. The highest BCUT2D eigenvalue weighted by molar-refractivity contribution is 5.01. The Labute approximate surface area is 79.9 Å². The largest absolute Gasteiger partial charge is 0.396 e. The fraction of sp³-hybridized carbons (Fsp3) is 1.00. The first-order valence-corrected chi connectivity index (χ1v) is 4.97. The Kier molecular flexibility index (Phi) is 3.00. The molecule has 0 radical (unpaired) electrons. The summed E-state index contributed by atoms with van der Waals surface area (Å²) in [5, 5.41) is 19.1. The van der Waals surface area contributed by atoms with Crippen LogP contribution in [0.15, 0.2) is 0 Å². The van der Waals surface area contributed by atoms with Crippen LogP contribution in [0.1, 0.15) is 33.1 Å². The first-order valence-electron chi connectivity index (χ1n) is 4.97. The molecule has 4 N–H and O–H groups in total. The first-order chi connectivity index (χ1) is 5.98. The maximum Gasteiger partial charge on any atom is 0.0660 e. The smallest absolute Gasteiger partial charge is 0.0660 e. The van der Waals surface area contributed by atoms with Crippen LogP contribution in [0, 0.1) is 10.8 Å². The third-order valence-electron chi connectivity index (χ3n) is 3.60. The Balaban J connectivity index is 2.79. The first kappa shape index (κ1) is 11.0. The monoisotopic (exact) mass is 187 g/mol. The Morgan fingerprint density at radius 2 is 2.00 bits per heavy atom. The minimum absolute atomic E-state index is 0.0471. The van der Waals surface area contributed by atoms with Gasteiger partial charge in [-0.3, -0.25) is 0 Å². The summed E-state index contributed by atoms with van der Waals surface area (Å²) in [6, 6.07) is 0. The number of hydrogen-bond donors (Lipinski definition) is 3. The van der Waals surface area contributed by atoms with Crippen molar-refractivity contribution in [3.63, 3.8) is 0 Å². The molecule has 1 saturated carbocycles. The standard InChI is InChI=1S/C10H21NO2/c1-9(2)3-4-10(7-11,5-6-12)8(9)13/h8,12-13H,3-7,11H2,1-2H3. The Morgan fingerprint density at radius 1 is 1.38 bits per heavy atom. The SMILES string of the molecule is CC1(C)CCC(CN)(CCO)C1O. The van der Waals surface area contributed by atoms with E-state index in [1.54, 1.807) is 0 Å². The van der Waals surface area contributed by atoms with E-state index in [2.05, 4.69) is 13.8 Å². The fourth-order valence-corrected chi connectivity index (χ4v) is 2.47. The number of rotatable bonds is 3. The minimum atomic E-state index is -0.378. The lowest BCUT2D eigenvalue weighted by atomic mass is 9.76. The normalized spacial score (nSPS) is 38.1. The Hall–Kier alpha value is -0.120. The van der Waals surface area contributed by atoms with Crippen LogP contribution in [0.5, 0.6) is 0 Å². The molecular formula is C10H21NO2. The molecule has 13 heavy (non-hydrogen) atoms. The molecule has 1 aliphatic rings. The molecule has 2 atom stereocenters. The molecule has 1 fully saturated rings. The molecule has 1 aliphatic carbocycles. The second-order valence-corrected chi connectivity index (χ2v) is 4.93. The minimum Gasteiger partial charge on any atom is -0.396 e. The molecule has 2 unspecified atom stereocenters. The topological polar surface area (TPSA) is 66.5 Å². The summed E-state index contributed by atoms with van der Waals surface area (Å²) in [5.41, 5.74) is 5.41. The van der Waals surface area contributed by atoms with Gasteiger partial charge in [0.25, 0.3) is 0 Å². The zero-order valence-electron chi connectivity index (χ0n) is 8.58. The summed E-state index contributed by atoms with van der Waals surface area (Å²) in [7, 11) is 0. The summed E-state index contributed by atoms with van der Waals surface area (Å²) >= 11 is 0. The highest BCUT2D eigenvalue weighted by Gasteiger charge is 2.50. The molecule has 1 rings (SSSR count). The van der Waals surface area contributed by atoms with Crippen LogP contribution in [0.25, 0.3) is 0 Å². The van der Waals surface area contributed by atoms with Gasteiger partial charge in [0.1, 0.15) is 0 Å². The van der Waals surface area contributed by atoms with Gasteiger partial charge in [0.15, 0.2) is 0 Å². The van der Waals surface area contributed by atoms with E-state index < -0.39 is 0 Å². The summed E-state index contributed by atoms with van der Waals surface area (Å²) in [6.45, 7) is 4.71. The zero-order chi connectivity index (χ0) is 10.1. The second kappa shape index (κ2) is 3.56. The average Bonchev–Trinajstić information content (AvgIpc) is 2.31. The van der Waals surface area contributed by atoms with Crippen molar-refractivity contribution in [2.45, 2.75) is 39.2 Å². The maximum atomic E-state index is 10.1. The van der Waals surface area contributed by atoms with Crippen LogP contribution in [-0.4, -0.2) is 29.5 Å². The predicted molar refractivity (Wildman–Crippen MR) is 52.2 cm³/mol. The van der Waals surface area contributed by atoms with Crippen molar-refractivity contribution in [2.75, 3.05) is 13.2 Å². The van der Waals surface area contributed by atoms with E-state index in [4.69, 9.17) is 10.8 Å². The lowest BCUT2D eigenvalue weighted by Crippen LogP contribution is -2.43. The van der Waals surface area contributed by atoms with E-state index in [1.165, 1.54) is 0 Å². The molecule has 0 saturated heterocycles. The molecule has 0 aromatic carbocycles. The molecule has 3 heteroatoms. The van der Waals surface area contributed by atoms with E-state index in [9.17, 15) is 5.11 Å². The summed E-state index contributed by atoms with van der Waals surface area (Å²) in [4.78, 5) is 0. The predicted octanol–water partition coefficient (Wildman–Crippen LogP) is 0.495. The third kappa shape index (κ3) is 1.73. The lowest BCUT2D eigenvalue weighted by molar-refractivity contribution is -0.0163. The van der Waals surface area contributed by atoms with Crippen LogP contribution >= 0.6 is 0 Å². The molecule has 3 nitrogen and oxygen atoms in total. The van der Waals surface area contributed by atoms with E-state index in [1.807, 2.05) is 0 Å². The van der Waals surface area contributed by atoms with Crippen molar-refractivity contribution in [2.24, 2.45) is 16.6 Å². The molecule has 0 spiro atoms. The summed E-state index contributed by atoms with van der Waals surface area (Å²) in [5.74, 6) is 0. The van der Waals surface area contributed by atoms with E-state index in [0.29, 0.717) is 13.0 Å². The van der Waals surface area contributed by atoms with Crippen molar-refractivity contribution < 1.29 is 10.2 Å². The molecule has 0 amide bonds. The Bertz CT molecular complexity index is 182. The van der Waals surface area contributed by atoms with Crippen LogP contribution in [-0.2, 0) is 0 Å². The van der Waals surface area contributed by atoms with Gasteiger partial charge in [0.2, 0.25) is 0 Å². The van der Waals surface area contributed by atoms with Gasteiger partial charge in [-0.25, -0.2) is 0 Å². The second-order valence-electron chi connectivity index (χ2n) is 4.93. The number of aliphatic hydroxyl groups excluding tert-OH is 2. The van der Waals surface area contributed by atoms with Crippen LogP contribution < -0.4 is 5.73 Å². The number of aliphatic hydroxyl groups is 2. The molecule has 0 aliphatic heterocycles. The van der Waals surface area contributed by atoms with Gasteiger partial charge in [-0.1, -0.05) is 13.8 Å². The van der Waals surface area contributed by atoms with Gasteiger partial charge in [0, 0.05) is 18.6 Å². The van der Waals surface area contributed by atoms with Gasteiger partial charge >= 0.3 is 0 Å². The maximum absolute atomic E-state index is 10.1. The average molecular weight is 187 g/mol. The molecular weight excluding hydrogens is 166 g/mol. The van der Waals surface area contributed by atoms with Gasteiger partial charge in [-0.2, -0.15) is 0 Å². The van der Waals surface area contributed by atoms with Crippen molar-refractivity contribution in [1.29, 1.82) is 0 Å². The Morgan fingerprint density at radius 3 is 2.31 bits per heavy atom. The zero-order valence-corrected chi connectivity index (χ0v) is 8.58. The molecule has 0 aromatic heterocycles.